The standard InChI is InChI=1S/C11H14FNO.ClH/c1-2-10-7-13-6-8-3-4-9(12)5-11(8)14-10;/h3-5,10,13H,2,6-7H2,1H3;1H/t10-;/m1./s1. The maximum absolute atomic E-state index is 13.0. The molecule has 0 bridgehead atoms. The average Bonchev–Trinajstić information content (AvgIpc) is 2.38. The molecule has 84 valence electrons. The van der Waals surface area contributed by atoms with Gasteiger partial charge in [0.05, 0.1) is 0 Å². The van der Waals surface area contributed by atoms with Crippen LogP contribution in [0.3, 0.4) is 0 Å². The van der Waals surface area contributed by atoms with Crippen molar-refractivity contribution >= 4 is 12.4 Å². The third-order valence-electron chi connectivity index (χ3n) is 2.47. The van der Waals surface area contributed by atoms with Gasteiger partial charge in [-0.3, -0.25) is 0 Å². The van der Waals surface area contributed by atoms with Crippen LogP contribution in [0.4, 0.5) is 4.39 Å². The molecule has 0 saturated heterocycles. The van der Waals surface area contributed by atoms with Gasteiger partial charge in [-0.05, 0) is 12.5 Å². The van der Waals surface area contributed by atoms with E-state index in [1.54, 1.807) is 6.07 Å². The van der Waals surface area contributed by atoms with Crippen LogP contribution in [-0.2, 0) is 6.54 Å². The summed E-state index contributed by atoms with van der Waals surface area (Å²) in [6.07, 6.45) is 1.08. The van der Waals surface area contributed by atoms with Gasteiger partial charge in [0.25, 0.3) is 0 Å². The van der Waals surface area contributed by atoms with Crippen molar-refractivity contribution in [3.05, 3.63) is 29.6 Å². The van der Waals surface area contributed by atoms with Crippen LogP contribution in [0.2, 0.25) is 0 Å². The van der Waals surface area contributed by atoms with Gasteiger partial charge in [0.1, 0.15) is 17.7 Å². The van der Waals surface area contributed by atoms with Crippen molar-refractivity contribution in [1.29, 1.82) is 0 Å². The van der Waals surface area contributed by atoms with Crippen LogP contribution < -0.4 is 10.1 Å². The first-order chi connectivity index (χ1) is 6.79. The molecule has 2 nitrogen and oxygen atoms in total. The first-order valence-corrected chi connectivity index (χ1v) is 4.95. The minimum Gasteiger partial charge on any atom is -0.489 e. The van der Waals surface area contributed by atoms with Crippen molar-refractivity contribution < 1.29 is 9.13 Å². The summed E-state index contributed by atoms with van der Waals surface area (Å²) in [5.41, 5.74) is 1.03. The number of nitrogens with one attached hydrogen (secondary N) is 1. The molecule has 0 amide bonds. The summed E-state index contributed by atoms with van der Waals surface area (Å²) in [6.45, 7) is 3.65. The minimum absolute atomic E-state index is 0. The van der Waals surface area contributed by atoms with E-state index in [0.29, 0.717) is 5.75 Å². The predicted octanol–water partition coefficient (Wildman–Crippen LogP) is 2.51. The molecular weight excluding hydrogens is 217 g/mol. The van der Waals surface area contributed by atoms with E-state index in [1.165, 1.54) is 12.1 Å². The number of rotatable bonds is 1. The van der Waals surface area contributed by atoms with Crippen LogP contribution in [0.1, 0.15) is 18.9 Å². The second-order valence-corrected chi connectivity index (χ2v) is 3.53. The van der Waals surface area contributed by atoms with E-state index >= 15 is 0 Å². The van der Waals surface area contributed by atoms with Crippen molar-refractivity contribution in [2.24, 2.45) is 0 Å². The summed E-state index contributed by atoms with van der Waals surface area (Å²) >= 11 is 0. The normalized spacial score (nSPS) is 19.5. The Balaban J connectivity index is 0.00000112. The summed E-state index contributed by atoms with van der Waals surface area (Å²) < 4.78 is 18.6. The Hall–Kier alpha value is -0.800. The van der Waals surface area contributed by atoms with Crippen LogP contribution >= 0.6 is 12.4 Å². The Morgan fingerprint density at radius 2 is 2.33 bits per heavy atom. The highest BCUT2D eigenvalue weighted by Crippen LogP contribution is 2.23. The molecule has 1 aromatic carbocycles. The minimum atomic E-state index is -0.236. The number of hydrogen-bond acceptors (Lipinski definition) is 2. The van der Waals surface area contributed by atoms with Crippen LogP contribution in [0.25, 0.3) is 0 Å². The first-order valence-electron chi connectivity index (χ1n) is 4.95. The van der Waals surface area contributed by atoms with Crippen molar-refractivity contribution in [3.63, 3.8) is 0 Å². The Labute approximate surface area is 95.2 Å². The van der Waals surface area contributed by atoms with Crippen molar-refractivity contribution in [3.8, 4) is 5.75 Å². The molecule has 0 fully saturated rings. The largest absolute Gasteiger partial charge is 0.489 e. The second-order valence-electron chi connectivity index (χ2n) is 3.53. The molecule has 1 heterocycles. The van der Waals surface area contributed by atoms with Crippen LogP contribution in [-0.4, -0.2) is 12.6 Å². The Morgan fingerprint density at radius 3 is 3.07 bits per heavy atom. The lowest BCUT2D eigenvalue weighted by atomic mass is 10.2. The molecule has 0 unspecified atom stereocenters. The molecule has 1 aliphatic heterocycles. The Kier molecular flexibility index (Phi) is 4.36. The highest BCUT2D eigenvalue weighted by atomic mass is 35.5. The summed E-state index contributed by atoms with van der Waals surface area (Å²) in [6, 6.07) is 4.71. The van der Waals surface area contributed by atoms with E-state index in [1.807, 2.05) is 0 Å². The number of hydrogen-bond donors (Lipinski definition) is 1. The van der Waals surface area contributed by atoms with Gasteiger partial charge < -0.3 is 10.1 Å². The van der Waals surface area contributed by atoms with Crippen molar-refractivity contribution in [2.45, 2.75) is 26.0 Å². The maximum Gasteiger partial charge on any atom is 0.127 e. The quantitative estimate of drug-likeness (QED) is 0.802. The van der Waals surface area contributed by atoms with Crippen molar-refractivity contribution in [1.82, 2.24) is 5.32 Å². The monoisotopic (exact) mass is 231 g/mol. The second kappa shape index (κ2) is 5.33. The molecule has 1 atom stereocenters. The van der Waals surface area contributed by atoms with E-state index in [2.05, 4.69) is 12.2 Å². The fourth-order valence-corrected chi connectivity index (χ4v) is 1.60. The molecule has 0 radical (unpaired) electrons. The van der Waals surface area contributed by atoms with Gasteiger partial charge >= 0.3 is 0 Å². The summed E-state index contributed by atoms with van der Waals surface area (Å²) in [4.78, 5) is 0. The van der Waals surface area contributed by atoms with Gasteiger partial charge in [-0.1, -0.05) is 13.0 Å². The van der Waals surface area contributed by atoms with Gasteiger partial charge in [-0.15, -0.1) is 12.4 Å². The van der Waals surface area contributed by atoms with E-state index < -0.39 is 0 Å². The molecule has 0 aromatic heterocycles. The van der Waals surface area contributed by atoms with E-state index in [9.17, 15) is 4.39 Å². The molecule has 0 aliphatic carbocycles. The van der Waals surface area contributed by atoms with E-state index in [4.69, 9.17) is 4.74 Å². The predicted molar refractivity (Wildman–Crippen MR) is 60.1 cm³/mol. The zero-order valence-corrected chi connectivity index (χ0v) is 9.44. The molecule has 15 heavy (non-hydrogen) atoms. The van der Waals surface area contributed by atoms with Crippen molar-refractivity contribution in [2.75, 3.05) is 6.54 Å². The average molecular weight is 232 g/mol. The van der Waals surface area contributed by atoms with Gasteiger partial charge in [0, 0.05) is 24.7 Å². The fraction of sp³-hybridized carbons (Fsp3) is 0.455. The molecule has 1 N–H and O–H groups in total. The molecule has 1 aliphatic rings. The SMILES string of the molecule is CC[C@@H]1CNCc2ccc(F)cc2O1.Cl. The highest BCUT2D eigenvalue weighted by molar-refractivity contribution is 5.85. The lowest BCUT2D eigenvalue weighted by molar-refractivity contribution is 0.201. The molecule has 1 aromatic rings. The lowest BCUT2D eigenvalue weighted by Gasteiger charge is -2.14. The number of benzene rings is 1. The topological polar surface area (TPSA) is 21.3 Å². The number of halogens is 2. The van der Waals surface area contributed by atoms with Crippen LogP contribution in [0.15, 0.2) is 18.2 Å². The third-order valence-corrected chi connectivity index (χ3v) is 2.47. The van der Waals surface area contributed by atoms with E-state index in [0.717, 1.165) is 25.1 Å². The third kappa shape index (κ3) is 2.83. The lowest BCUT2D eigenvalue weighted by Crippen LogP contribution is -2.27. The van der Waals surface area contributed by atoms with Gasteiger partial charge in [0.15, 0.2) is 0 Å². The maximum atomic E-state index is 13.0. The summed E-state index contributed by atoms with van der Waals surface area (Å²) in [5, 5.41) is 3.28. The number of fused-ring (bicyclic) bond motifs is 1. The fourth-order valence-electron chi connectivity index (χ4n) is 1.60. The molecular formula is C11H15ClFNO. The smallest absolute Gasteiger partial charge is 0.127 e. The van der Waals surface area contributed by atoms with Crippen LogP contribution in [0, 0.1) is 5.82 Å². The zero-order chi connectivity index (χ0) is 9.97. The molecule has 2 rings (SSSR count). The molecule has 0 spiro atoms. The zero-order valence-electron chi connectivity index (χ0n) is 8.63. The van der Waals surface area contributed by atoms with Gasteiger partial charge in [-0.2, -0.15) is 0 Å². The Bertz CT molecular complexity index is 332. The van der Waals surface area contributed by atoms with Gasteiger partial charge in [0.2, 0.25) is 0 Å². The first kappa shape index (κ1) is 12.3. The Morgan fingerprint density at radius 1 is 1.53 bits per heavy atom. The van der Waals surface area contributed by atoms with Crippen LogP contribution in [0.5, 0.6) is 5.75 Å². The van der Waals surface area contributed by atoms with E-state index in [-0.39, 0.29) is 24.3 Å². The highest BCUT2D eigenvalue weighted by Gasteiger charge is 2.15. The summed E-state index contributed by atoms with van der Waals surface area (Å²) in [5.74, 6) is 0.447. The molecule has 4 heteroatoms. The summed E-state index contributed by atoms with van der Waals surface area (Å²) in [7, 11) is 0. The van der Waals surface area contributed by atoms with Gasteiger partial charge in [-0.25, -0.2) is 4.39 Å². The number of ether oxygens (including phenoxy) is 1. The molecule has 0 saturated carbocycles.